The van der Waals surface area contributed by atoms with Crippen LogP contribution in [0.25, 0.3) is 0 Å². The van der Waals surface area contributed by atoms with Crippen LogP contribution in [0, 0.1) is 16.5 Å². The maximum atomic E-state index is 11.6. The van der Waals surface area contributed by atoms with Crippen molar-refractivity contribution in [2.75, 3.05) is 19.7 Å². The third kappa shape index (κ3) is 5.33. The fourth-order valence-electron chi connectivity index (χ4n) is 2.03. The summed E-state index contributed by atoms with van der Waals surface area (Å²) < 4.78 is 10.5. The summed E-state index contributed by atoms with van der Waals surface area (Å²) in [5.74, 6) is 0. The minimum atomic E-state index is -0.702. The second-order valence-electron chi connectivity index (χ2n) is 4.96. The Labute approximate surface area is 133 Å². The van der Waals surface area contributed by atoms with E-state index in [1.54, 1.807) is 12.1 Å². The van der Waals surface area contributed by atoms with Crippen molar-refractivity contribution in [2.24, 2.45) is 4.99 Å². The molecule has 1 radical (unpaired) electrons. The Bertz CT molecular complexity index is 573. The number of morpholine rings is 1. The van der Waals surface area contributed by atoms with Crippen molar-refractivity contribution in [3.8, 4) is 0 Å². The molecule has 23 heavy (non-hydrogen) atoms. The fourth-order valence-corrected chi connectivity index (χ4v) is 2.03. The first-order valence-corrected chi connectivity index (χ1v) is 7.18. The third-order valence-corrected chi connectivity index (χ3v) is 3.33. The first-order chi connectivity index (χ1) is 11.1. The second-order valence-corrected chi connectivity index (χ2v) is 4.96. The van der Waals surface area contributed by atoms with Crippen molar-refractivity contribution >= 4 is 18.1 Å². The maximum Gasteiger partial charge on any atom is 0.435 e. The minimum absolute atomic E-state index is 0.00676. The van der Waals surface area contributed by atoms with Crippen LogP contribution in [-0.4, -0.2) is 48.1 Å². The number of rotatable bonds is 5. The van der Waals surface area contributed by atoms with Crippen LogP contribution in [0.3, 0.4) is 0 Å². The molecule has 1 aliphatic rings. The normalized spacial score (nSPS) is 18.1. The van der Waals surface area contributed by atoms with E-state index in [0.717, 1.165) is 0 Å². The molecular formula is C15H18N3O5. The Morgan fingerprint density at radius 3 is 2.91 bits per heavy atom. The van der Waals surface area contributed by atoms with Gasteiger partial charge in [0.2, 0.25) is 0 Å². The van der Waals surface area contributed by atoms with Crippen LogP contribution in [-0.2, 0) is 16.1 Å². The van der Waals surface area contributed by atoms with Crippen molar-refractivity contribution < 1.29 is 19.2 Å². The van der Waals surface area contributed by atoms with Gasteiger partial charge in [0.15, 0.2) is 0 Å². The smallest absolute Gasteiger partial charge is 0.435 e. The molecule has 8 nitrogen and oxygen atoms in total. The fraction of sp³-hybridized carbons (Fsp3) is 0.400. The van der Waals surface area contributed by atoms with Crippen LogP contribution >= 0.6 is 0 Å². The Balaban J connectivity index is 1.78. The maximum absolute atomic E-state index is 11.6. The van der Waals surface area contributed by atoms with Gasteiger partial charge in [-0.25, -0.2) is 4.79 Å². The molecule has 1 aromatic carbocycles. The van der Waals surface area contributed by atoms with Gasteiger partial charge in [-0.3, -0.25) is 10.1 Å². The first-order valence-electron chi connectivity index (χ1n) is 7.18. The molecule has 2 rings (SSSR count). The number of nitro groups is 1. The number of non-ortho nitro benzene ring substituents is 1. The molecule has 0 aliphatic carbocycles. The molecular weight excluding hydrogens is 302 g/mol. The first kappa shape index (κ1) is 16.9. The van der Waals surface area contributed by atoms with E-state index in [9.17, 15) is 14.9 Å². The SMILES string of the molecule is C[CH]C1CN(C=NC(=O)OCc2ccc([N+](=O)[O-])cc2)CCO1. The number of nitro benzene ring substituents is 1. The van der Waals surface area contributed by atoms with Crippen molar-refractivity contribution in [3.05, 3.63) is 46.4 Å². The number of carbonyl (C=O) groups is 1. The number of hydrogen-bond acceptors (Lipinski definition) is 5. The van der Waals surface area contributed by atoms with E-state index >= 15 is 0 Å². The molecule has 1 aliphatic heterocycles. The van der Waals surface area contributed by atoms with Gasteiger partial charge in [0, 0.05) is 25.2 Å². The summed E-state index contributed by atoms with van der Waals surface area (Å²) in [6, 6.07) is 5.81. The molecule has 0 saturated carbocycles. The average molecular weight is 320 g/mol. The summed E-state index contributed by atoms with van der Waals surface area (Å²) in [6.45, 7) is 3.84. The summed E-state index contributed by atoms with van der Waals surface area (Å²) in [4.78, 5) is 27.3. The second kappa shape index (κ2) is 8.23. The molecule has 0 N–H and O–H groups in total. The molecule has 0 bridgehead atoms. The Morgan fingerprint density at radius 2 is 2.26 bits per heavy atom. The lowest BCUT2D eigenvalue weighted by molar-refractivity contribution is -0.384. The van der Waals surface area contributed by atoms with E-state index in [1.165, 1.54) is 18.5 Å². The van der Waals surface area contributed by atoms with Gasteiger partial charge >= 0.3 is 6.09 Å². The van der Waals surface area contributed by atoms with Gasteiger partial charge in [-0.05, 0) is 24.1 Å². The van der Waals surface area contributed by atoms with Gasteiger partial charge < -0.3 is 14.4 Å². The van der Waals surface area contributed by atoms with Crippen LogP contribution < -0.4 is 0 Å². The highest BCUT2D eigenvalue weighted by atomic mass is 16.6. The van der Waals surface area contributed by atoms with E-state index in [-0.39, 0.29) is 18.4 Å². The Hall–Kier alpha value is -2.48. The number of ether oxygens (including phenoxy) is 2. The van der Waals surface area contributed by atoms with E-state index in [4.69, 9.17) is 9.47 Å². The molecule has 0 spiro atoms. The van der Waals surface area contributed by atoms with E-state index in [0.29, 0.717) is 25.3 Å². The number of nitrogens with zero attached hydrogens (tertiary/aromatic N) is 3. The van der Waals surface area contributed by atoms with Crippen LogP contribution in [0.1, 0.15) is 12.5 Å². The summed E-state index contributed by atoms with van der Waals surface area (Å²) in [5.41, 5.74) is 0.652. The number of carbonyl (C=O) groups excluding carboxylic acids is 1. The quantitative estimate of drug-likeness (QED) is 0.357. The molecule has 0 aromatic heterocycles. The van der Waals surface area contributed by atoms with Gasteiger partial charge in [-0.2, -0.15) is 4.99 Å². The number of amides is 1. The van der Waals surface area contributed by atoms with Gasteiger partial charge in [0.25, 0.3) is 5.69 Å². The lowest BCUT2D eigenvalue weighted by atomic mass is 10.2. The number of benzene rings is 1. The summed E-state index contributed by atoms with van der Waals surface area (Å²) >= 11 is 0. The lowest BCUT2D eigenvalue weighted by Crippen LogP contribution is -2.41. The predicted octanol–water partition coefficient (Wildman–Crippen LogP) is 2.18. The predicted molar refractivity (Wildman–Crippen MR) is 83.1 cm³/mol. The zero-order valence-electron chi connectivity index (χ0n) is 12.8. The molecule has 1 unspecified atom stereocenters. The summed E-state index contributed by atoms with van der Waals surface area (Å²) in [5, 5.41) is 10.5. The largest absolute Gasteiger partial charge is 0.443 e. The highest BCUT2D eigenvalue weighted by Gasteiger charge is 2.17. The van der Waals surface area contributed by atoms with Crippen LogP contribution in [0.5, 0.6) is 0 Å². The zero-order chi connectivity index (χ0) is 16.7. The van der Waals surface area contributed by atoms with Crippen LogP contribution in [0.4, 0.5) is 10.5 Å². The molecule has 1 atom stereocenters. The van der Waals surface area contributed by atoms with Crippen molar-refractivity contribution in [2.45, 2.75) is 19.6 Å². The van der Waals surface area contributed by atoms with E-state index in [1.807, 2.05) is 18.2 Å². The standard InChI is InChI=1S/C15H18N3O5/c1-2-14-9-17(7-8-22-14)11-16-15(19)23-10-12-3-5-13(6-4-12)18(20)21/h2-6,11,14H,7-10H2,1H3. The molecule has 123 valence electrons. The van der Waals surface area contributed by atoms with Crippen LogP contribution in [0.2, 0.25) is 0 Å². The van der Waals surface area contributed by atoms with Crippen molar-refractivity contribution in [1.82, 2.24) is 4.90 Å². The Morgan fingerprint density at radius 1 is 1.52 bits per heavy atom. The number of aliphatic imine (C=N–C) groups is 1. The van der Waals surface area contributed by atoms with Crippen molar-refractivity contribution in [3.63, 3.8) is 0 Å². The van der Waals surface area contributed by atoms with Gasteiger partial charge in [0.05, 0.1) is 24.0 Å². The molecule has 1 amide bonds. The molecule has 1 saturated heterocycles. The van der Waals surface area contributed by atoms with Gasteiger partial charge in [-0.15, -0.1) is 0 Å². The number of hydrogen-bond donors (Lipinski definition) is 0. The zero-order valence-corrected chi connectivity index (χ0v) is 12.8. The molecule has 8 heteroatoms. The monoisotopic (exact) mass is 320 g/mol. The topological polar surface area (TPSA) is 94.3 Å². The average Bonchev–Trinajstić information content (AvgIpc) is 2.58. The van der Waals surface area contributed by atoms with Crippen molar-refractivity contribution in [1.29, 1.82) is 0 Å². The van der Waals surface area contributed by atoms with Crippen LogP contribution in [0.15, 0.2) is 29.3 Å². The Kier molecular flexibility index (Phi) is 6.04. The van der Waals surface area contributed by atoms with E-state index in [2.05, 4.69) is 4.99 Å². The van der Waals surface area contributed by atoms with Gasteiger partial charge in [-0.1, -0.05) is 6.92 Å². The summed E-state index contributed by atoms with van der Waals surface area (Å²) in [7, 11) is 0. The summed E-state index contributed by atoms with van der Waals surface area (Å²) in [6.07, 6.45) is 2.74. The molecule has 1 fully saturated rings. The molecule has 1 aromatic rings. The third-order valence-electron chi connectivity index (χ3n) is 3.33. The highest BCUT2D eigenvalue weighted by Crippen LogP contribution is 2.12. The highest BCUT2D eigenvalue weighted by molar-refractivity contribution is 5.78. The van der Waals surface area contributed by atoms with Gasteiger partial charge in [0.1, 0.15) is 6.61 Å². The lowest BCUT2D eigenvalue weighted by Gasteiger charge is -2.30. The molecule has 1 heterocycles. The van der Waals surface area contributed by atoms with E-state index < -0.39 is 11.0 Å². The minimum Gasteiger partial charge on any atom is -0.443 e.